The second-order valence-electron chi connectivity index (χ2n) is 7.83. The molecule has 0 unspecified atom stereocenters. The number of aromatic nitrogens is 1. The van der Waals surface area contributed by atoms with E-state index < -0.39 is 12.0 Å². The third-order valence-corrected chi connectivity index (χ3v) is 8.16. The second kappa shape index (κ2) is 9.95. The van der Waals surface area contributed by atoms with Crippen LogP contribution in [0.15, 0.2) is 87.1 Å². The molecule has 2 aromatic heterocycles. The Kier molecular flexibility index (Phi) is 6.75. The molecule has 0 bridgehead atoms. The van der Waals surface area contributed by atoms with Gasteiger partial charge in [0.15, 0.2) is 4.80 Å². The molecule has 176 valence electrons. The number of nitrogens with zero attached hydrogens (tertiary/aromatic N) is 2. The van der Waals surface area contributed by atoms with Gasteiger partial charge in [0.1, 0.15) is 12.6 Å². The molecule has 4 aromatic rings. The Morgan fingerprint density at radius 2 is 1.91 bits per heavy atom. The van der Waals surface area contributed by atoms with Crippen molar-refractivity contribution in [2.45, 2.75) is 19.6 Å². The molecular weight excluding hydrogens is 523 g/mol. The molecule has 3 heterocycles. The van der Waals surface area contributed by atoms with Gasteiger partial charge in [-0.3, -0.25) is 9.36 Å². The topological polar surface area (TPSA) is 60.7 Å². The summed E-state index contributed by atoms with van der Waals surface area (Å²) in [7, 11) is 0. The van der Waals surface area contributed by atoms with Gasteiger partial charge in [0.2, 0.25) is 0 Å². The number of ether oxygens (including phenoxy) is 1. The molecule has 0 spiro atoms. The first-order valence-electron chi connectivity index (χ1n) is 10.6. The minimum atomic E-state index is -0.620. The summed E-state index contributed by atoms with van der Waals surface area (Å²) in [6, 6.07) is 17.8. The van der Waals surface area contributed by atoms with E-state index in [1.54, 1.807) is 35.8 Å². The van der Waals surface area contributed by atoms with Crippen LogP contribution in [0.4, 0.5) is 0 Å². The fourth-order valence-electron chi connectivity index (χ4n) is 3.85. The SMILES string of the molecule is CC1=C(C(=O)OCc2ccccc2)[C@@H](c2cccs2)n2c(s/c(=C/c3ccc(Cl)c(Cl)c3)c2=O)=N1. The van der Waals surface area contributed by atoms with Crippen LogP contribution in [0, 0.1) is 0 Å². The second-order valence-corrected chi connectivity index (χ2v) is 10.6. The van der Waals surface area contributed by atoms with Crippen LogP contribution >= 0.6 is 45.9 Å². The lowest BCUT2D eigenvalue weighted by molar-refractivity contribution is -0.140. The van der Waals surface area contributed by atoms with Gasteiger partial charge in [-0.25, -0.2) is 9.79 Å². The molecule has 0 amide bonds. The summed E-state index contributed by atoms with van der Waals surface area (Å²) in [6.07, 6.45) is 1.75. The number of fused-ring (bicyclic) bond motifs is 1. The van der Waals surface area contributed by atoms with E-state index in [-0.39, 0.29) is 12.2 Å². The molecule has 1 aliphatic rings. The molecule has 1 atom stereocenters. The standard InChI is InChI=1S/C26H18Cl2N2O3S2/c1-15-22(25(32)33-14-16-6-3-2-4-7-16)23(20-8-5-11-34-20)30-24(31)21(35-26(30)29-15)13-17-9-10-18(27)19(28)12-17/h2-13,23H,14H2,1H3/b21-13+/t23-/m1/s1. The molecule has 0 saturated carbocycles. The maximum atomic E-state index is 13.6. The number of rotatable bonds is 5. The number of hydrogen-bond donors (Lipinski definition) is 0. The normalized spacial score (nSPS) is 15.6. The third kappa shape index (κ3) is 4.77. The van der Waals surface area contributed by atoms with Crippen molar-refractivity contribution in [3.8, 4) is 0 Å². The molecule has 35 heavy (non-hydrogen) atoms. The van der Waals surface area contributed by atoms with Crippen LogP contribution in [0.3, 0.4) is 0 Å². The molecule has 0 saturated heterocycles. The van der Waals surface area contributed by atoms with Gasteiger partial charge < -0.3 is 4.74 Å². The van der Waals surface area contributed by atoms with Crippen molar-refractivity contribution in [2.24, 2.45) is 4.99 Å². The van der Waals surface area contributed by atoms with Crippen molar-refractivity contribution in [3.63, 3.8) is 0 Å². The summed E-state index contributed by atoms with van der Waals surface area (Å²) in [6.45, 7) is 1.91. The lowest BCUT2D eigenvalue weighted by atomic mass is 10.0. The largest absolute Gasteiger partial charge is 0.457 e. The smallest absolute Gasteiger partial charge is 0.338 e. The first kappa shape index (κ1) is 23.8. The number of hydrogen-bond acceptors (Lipinski definition) is 6. The van der Waals surface area contributed by atoms with Crippen LogP contribution < -0.4 is 14.9 Å². The monoisotopic (exact) mass is 540 g/mol. The number of benzene rings is 2. The van der Waals surface area contributed by atoms with Gasteiger partial charge in [0, 0.05) is 4.88 Å². The zero-order chi connectivity index (χ0) is 24.5. The van der Waals surface area contributed by atoms with Gasteiger partial charge in [0.25, 0.3) is 5.56 Å². The fourth-order valence-corrected chi connectivity index (χ4v) is 6.03. The quantitative estimate of drug-likeness (QED) is 0.320. The van der Waals surface area contributed by atoms with Gasteiger partial charge in [0.05, 0.1) is 25.8 Å². The number of halogens is 2. The van der Waals surface area contributed by atoms with E-state index in [1.165, 1.54) is 22.7 Å². The molecular formula is C26H18Cl2N2O3S2. The minimum Gasteiger partial charge on any atom is -0.457 e. The molecule has 5 nitrogen and oxygen atoms in total. The van der Waals surface area contributed by atoms with E-state index in [0.29, 0.717) is 30.6 Å². The average molecular weight is 541 g/mol. The Morgan fingerprint density at radius 1 is 1.11 bits per heavy atom. The molecule has 0 radical (unpaired) electrons. The van der Waals surface area contributed by atoms with Crippen LogP contribution in [0.1, 0.15) is 29.0 Å². The maximum absolute atomic E-state index is 13.6. The van der Waals surface area contributed by atoms with E-state index in [9.17, 15) is 9.59 Å². The Morgan fingerprint density at radius 3 is 2.63 bits per heavy atom. The number of carbonyl (C=O) groups excluding carboxylic acids is 1. The number of esters is 1. The van der Waals surface area contributed by atoms with Gasteiger partial charge in [-0.2, -0.15) is 0 Å². The van der Waals surface area contributed by atoms with Gasteiger partial charge in [-0.05, 0) is 47.7 Å². The number of thiophene rings is 1. The molecule has 0 fully saturated rings. The Bertz CT molecular complexity index is 1620. The van der Waals surface area contributed by atoms with Gasteiger partial charge in [-0.15, -0.1) is 11.3 Å². The van der Waals surface area contributed by atoms with Crippen molar-refractivity contribution >= 4 is 57.9 Å². The Balaban J connectivity index is 1.58. The van der Waals surface area contributed by atoms with E-state index in [2.05, 4.69) is 4.99 Å². The highest BCUT2D eigenvalue weighted by atomic mass is 35.5. The maximum Gasteiger partial charge on any atom is 0.338 e. The zero-order valence-corrected chi connectivity index (χ0v) is 21.5. The van der Waals surface area contributed by atoms with Crippen molar-refractivity contribution in [3.05, 3.63) is 123 Å². The van der Waals surface area contributed by atoms with Crippen molar-refractivity contribution in [1.82, 2.24) is 4.57 Å². The zero-order valence-electron chi connectivity index (χ0n) is 18.4. The minimum absolute atomic E-state index is 0.134. The molecule has 0 aliphatic carbocycles. The highest BCUT2D eigenvalue weighted by Gasteiger charge is 2.34. The van der Waals surface area contributed by atoms with Crippen LogP contribution in [0.2, 0.25) is 10.0 Å². The third-order valence-electron chi connectivity index (χ3n) is 5.51. The van der Waals surface area contributed by atoms with E-state index >= 15 is 0 Å². The van der Waals surface area contributed by atoms with Crippen LogP contribution in [0.25, 0.3) is 6.08 Å². The first-order valence-corrected chi connectivity index (χ1v) is 13.1. The van der Waals surface area contributed by atoms with Crippen LogP contribution in [-0.2, 0) is 16.1 Å². The lowest BCUT2D eigenvalue weighted by Crippen LogP contribution is -2.39. The summed E-state index contributed by atoms with van der Waals surface area (Å²) in [5, 5.41) is 2.77. The predicted octanol–water partition coefficient (Wildman–Crippen LogP) is 5.35. The molecule has 9 heteroatoms. The Labute approximate surface area is 218 Å². The lowest BCUT2D eigenvalue weighted by Gasteiger charge is -2.23. The molecule has 2 aromatic carbocycles. The fraction of sp³-hybridized carbons (Fsp3) is 0.115. The van der Waals surface area contributed by atoms with Crippen molar-refractivity contribution in [2.75, 3.05) is 0 Å². The van der Waals surface area contributed by atoms with Crippen LogP contribution in [-0.4, -0.2) is 10.5 Å². The van der Waals surface area contributed by atoms with Crippen molar-refractivity contribution < 1.29 is 9.53 Å². The van der Waals surface area contributed by atoms with E-state index in [1.807, 2.05) is 47.8 Å². The number of carbonyl (C=O) groups is 1. The van der Waals surface area contributed by atoms with E-state index in [4.69, 9.17) is 27.9 Å². The first-order chi connectivity index (χ1) is 16.9. The summed E-state index contributed by atoms with van der Waals surface area (Å²) >= 11 is 14.9. The summed E-state index contributed by atoms with van der Waals surface area (Å²) in [4.78, 5) is 32.9. The summed E-state index contributed by atoms with van der Waals surface area (Å²) < 4.78 is 7.71. The molecule has 5 rings (SSSR count). The van der Waals surface area contributed by atoms with E-state index in [0.717, 1.165) is 16.0 Å². The Hall–Kier alpha value is -2.97. The van der Waals surface area contributed by atoms with Gasteiger partial charge in [-0.1, -0.05) is 77.0 Å². The summed E-state index contributed by atoms with van der Waals surface area (Å²) in [5.74, 6) is -0.493. The van der Waals surface area contributed by atoms with Crippen molar-refractivity contribution in [1.29, 1.82) is 0 Å². The van der Waals surface area contributed by atoms with Gasteiger partial charge >= 0.3 is 5.97 Å². The molecule has 0 N–H and O–H groups in total. The summed E-state index contributed by atoms with van der Waals surface area (Å²) in [5.41, 5.74) is 2.28. The predicted molar refractivity (Wildman–Crippen MR) is 141 cm³/mol. The number of allylic oxidation sites excluding steroid dienone is 1. The van der Waals surface area contributed by atoms with Crippen LogP contribution in [0.5, 0.6) is 0 Å². The average Bonchev–Trinajstić information content (AvgIpc) is 3.48. The highest BCUT2D eigenvalue weighted by molar-refractivity contribution is 7.10. The highest BCUT2D eigenvalue weighted by Crippen LogP contribution is 2.33. The molecule has 1 aliphatic heterocycles. The number of thiazole rings is 1.